The molecule has 0 saturated carbocycles. The molecule has 0 aliphatic carbocycles. The number of rotatable bonds is 5. The third kappa shape index (κ3) is 4.55. The number of hydrogen-bond acceptors (Lipinski definition) is 4. The van der Waals surface area contributed by atoms with Crippen LogP contribution in [0, 0.1) is 0 Å². The number of benzene rings is 6. The number of para-hydroxylation sites is 1. The SMILES string of the molecule is c1ccc(-c2cccc(-c3nc(-c4ccccc4)nc(-c4cccc5c4oc4cccc(-c6ccccc6)c45)n3)c2)cc1. The van der Waals surface area contributed by atoms with Crippen LogP contribution in [0.25, 0.3) is 78.4 Å². The monoisotopic (exact) mass is 551 g/mol. The van der Waals surface area contributed by atoms with Gasteiger partial charge in [-0.3, -0.25) is 0 Å². The lowest BCUT2D eigenvalue weighted by atomic mass is 9.99. The van der Waals surface area contributed by atoms with E-state index in [4.69, 9.17) is 19.4 Å². The maximum absolute atomic E-state index is 6.57. The van der Waals surface area contributed by atoms with Crippen molar-refractivity contribution in [2.24, 2.45) is 0 Å². The van der Waals surface area contributed by atoms with Gasteiger partial charge in [-0.1, -0.05) is 133 Å². The molecule has 0 spiro atoms. The predicted octanol–water partition coefficient (Wildman–Crippen LogP) is 10.1. The van der Waals surface area contributed by atoms with Gasteiger partial charge in [-0.25, -0.2) is 15.0 Å². The van der Waals surface area contributed by atoms with Crippen LogP contribution in [0.15, 0.2) is 156 Å². The maximum atomic E-state index is 6.57. The average Bonchev–Trinajstić information content (AvgIpc) is 3.49. The van der Waals surface area contributed by atoms with E-state index in [1.54, 1.807) is 0 Å². The number of aromatic nitrogens is 3. The molecule has 0 saturated heterocycles. The fourth-order valence-electron chi connectivity index (χ4n) is 5.69. The molecule has 0 N–H and O–H groups in total. The van der Waals surface area contributed by atoms with E-state index in [2.05, 4.69) is 66.7 Å². The summed E-state index contributed by atoms with van der Waals surface area (Å²) in [4.78, 5) is 15.0. The number of hydrogen-bond donors (Lipinski definition) is 0. The van der Waals surface area contributed by atoms with Crippen LogP contribution in [0.4, 0.5) is 0 Å². The topological polar surface area (TPSA) is 51.8 Å². The normalized spacial score (nSPS) is 11.3. The molecule has 8 aromatic rings. The van der Waals surface area contributed by atoms with Crippen molar-refractivity contribution >= 4 is 21.9 Å². The van der Waals surface area contributed by atoms with E-state index in [0.29, 0.717) is 17.5 Å². The highest BCUT2D eigenvalue weighted by Gasteiger charge is 2.19. The van der Waals surface area contributed by atoms with Gasteiger partial charge in [0.1, 0.15) is 11.2 Å². The molecule has 2 heterocycles. The Morgan fingerprint density at radius 1 is 0.372 bits per heavy atom. The standard InChI is InChI=1S/C39H25N3O/c1-4-13-26(14-5-1)29-19-10-20-30(25-29)38-40-37(28-17-8-3-9-18-28)41-39(42-38)33-23-11-22-32-35-31(27-15-6-2-7-16-27)21-12-24-34(35)43-36(32)33/h1-25H. The van der Waals surface area contributed by atoms with E-state index in [-0.39, 0.29) is 0 Å². The Kier molecular flexibility index (Phi) is 6.08. The van der Waals surface area contributed by atoms with E-state index in [0.717, 1.165) is 60.9 Å². The molecule has 0 aliphatic heterocycles. The molecule has 0 bridgehead atoms. The summed E-state index contributed by atoms with van der Waals surface area (Å²) < 4.78 is 6.57. The molecule has 0 fully saturated rings. The van der Waals surface area contributed by atoms with Crippen molar-refractivity contribution < 1.29 is 4.42 Å². The summed E-state index contributed by atoms with van der Waals surface area (Å²) in [6.45, 7) is 0. The Morgan fingerprint density at radius 2 is 0.907 bits per heavy atom. The molecule has 8 rings (SSSR count). The van der Waals surface area contributed by atoms with Gasteiger partial charge in [-0.15, -0.1) is 0 Å². The highest BCUT2D eigenvalue weighted by Crippen LogP contribution is 2.40. The van der Waals surface area contributed by atoms with Crippen molar-refractivity contribution in [1.29, 1.82) is 0 Å². The third-order valence-electron chi connectivity index (χ3n) is 7.74. The van der Waals surface area contributed by atoms with Crippen molar-refractivity contribution in [2.45, 2.75) is 0 Å². The fraction of sp³-hybridized carbons (Fsp3) is 0. The van der Waals surface area contributed by atoms with Gasteiger partial charge in [0, 0.05) is 21.9 Å². The highest BCUT2D eigenvalue weighted by atomic mass is 16.3. The predicted molar refractivity (Wildman–Crippen MR) is 174 cm³/mol. The van der Waals surface area contributed by atoms with Crippen LogP contribution in [0.2, 0.25) is 0 Å². The summed E-state index contributed by atoms with van der Waals surface area (Å²) in [5.41, 5.74) is 8.79. The second kappa shape index (κ2) is 10.5. The summed E-state index contributed by atoms with van der Waals surface area (Å²) in [5.74, 6) is 1.79. The molecule has 4 nitrogen and oxygen atoms in total. The lowest BCUT2D eigenvalue weighted by molar-refractivity contribution is 0.669. The summed E-state index contributed by atoms with van der Waals surface area (Å²) in [6.07, 6.45) is 0. The van der Waals surface area contributed by atoms with E-state index < -0.39 is 0 Å². The number of furan rings is 1. The molecule has 0 amide bonds. The van der Waals surface area contributed by atoms with Gasteiger partial charge in [-0.2, -0.15) is 0 Å². The van der Waals surface area contributed by atoms with Crippen molar-refractivity contribution in [2.75, 3.05) is 0 Å². The summed E-state index contributed by atoms with van der Waals surface area (Å²) >= 11 is 0. The first-order chi connectivity index (χ1) is 21.3. The number of fused-ring (bicyclic) bond motifs is 3. The highest BCUT2D eigenvalue weighted by molar-refractivity contribution is 6.15. The minimum Gasteiger partial charge on any atom is -0.455 e. The second-order valence-corrected chi connectivity index (χ2v) is 10.4. The van der Waals surface area contributed by atoms with Gasteiger partial charge in [-0.05, 0) is 40.5 Å². The molecule has 6 aromatic carbocycles. The lowest BCUT2D eigenvalue weighted by Crippen LogP contribution is -2.00. The molecule has 0 aliphatic rings. The zero-order chi connectivity index (χ0) is 28.6. The van der Waals surface area contributed by atoms with Gasteiger partial charge in [0.05, 0.1) is 5.56 Å². The Morgan fingerprint density at radius 3 is 1.65 bits per heavy atom. The minimum atomic E-state index is 0.569. The Hall–Kier alpha value is -5.87. The van der Waals surface area contributed by atoms with Crippen molar-refractivity contribution in [3.8, 4) is 56.4 Å². The first-order valence-electron chi connectivity index (χ1n) is 14.3. The van der Waals surface area contributed by atoms with E-state index in [1.807, 2.05) is 84.9 Å². The molecule has 2 aromatic heterocycles. The van der Waals surface area contributed by atoms with E-state index >= 15 is 0 Å². The maximum Gasteiger partial charge on any atom is 0.167 e. The first-order valence-corrected chi connectivity index (χ1v) is 14.3. The summed E-state index contributed by atoms with van der Waals surface area (Å²) in [7, 11) is 0. The van der Waals surface area contributed by atoms with E-state index in [1.165, 1.54) is 0 Å². The Balaban J connectivity index is 1.35. The Labute approximate surface area is 249 Å². The van der Waals surface area contributed by atoms with Gasteiger partial charge in [0.25, 0.3) is 0 Å². The van der Waals surface area contributed by atoms with Gasteiger partial charge in [0.2, 0.25) is 0 Å². The van der Waals surface area contributed by atoms with Gasteiger partial charge < -0.3 is 4.42 Å². The van der Waals surface area contributed by atoms with E-state index in [9.17, 15) is 0 Å². The molecule has 43 heavy (non-hydrogen) atoms. The van der Waals surface area contributed by atoms with Crippen molar-refractivity contribution in [3.63, 3.8) is 0 Å². The zero-order valence-electron chi connectivity index (χ0n) is 23.2. The van der Waals surface area contributed by atoms with Crippen molar-refractivity contribution in [1.82, 2.24) is 15.0 Å². The lowest BCUT2D eigenvalue weighted by Gasteiger charge is -2.10. The quantitative estimate of drug-likeness (QED) is 0.214. The first kappa shape index (κ1) is 24.9. The molecule has 0 atom stereocenters. The molecule has 4 heteroatoms. The molecular weight excluding hydrogens is 526 g/mol. The molecule has 202 valence electrons. The summed E-state index contributed by atoms with van der Waals surface area (Å²) in [6, 6.07) is 51.6. The van der Waals surface area contributed by atoms with Gasteiger partial charge in [0.15, 0.2) is 17.5 Å². The van der Waals surface area contributed by atoms with Crippen LogP contribution < -0.4 is 0 Å². The van der Waals surface area contributed by atoms with Gasteiger partial charge >= 0.3 is 0 Å². The molecule has 0 unspecified atom stereocenters. The smallest absolute Gasteiger partial charge is 0.167 e. The molecule has 0 radical (unpaired) electrons. The minimum absolute atomic E-state index is 0.569. The number of nitrogens with zero attached hydrogens (tertiary/aromatic N) is 3. The van der Waals surface area contributed by atoms with Crippen LogP contribution >= 0.6 is 0 Å². The van der Waals surface area contributed by atoms with Crippen LogP contribution in [0.3, 0.4) is 0 Å². The van der Waals surface area contributed by atoms with Crippen LogP contribution in [0.5, 0.6) is 0 Å². The van der Waals surface area contributed by atoms with Crippen LogP contribution in [-0.4, -0.2) is 15.0 Å². The summed E-state index contributed by atoms with van der Waals surface area (Å²) in [5, 5.41) is 2.11. The van der Waals surface area contributed by atoms with Crippen LogP contribution in [-0.2, 0) is 0 Å². The zero-order valence-corrected chi connectivity index (χ0v) is 23.2. The average molecular weight is 552 g/mol. The van der Waals surface area contributed by atoms with Crippen molar-refractivity contribution in [3.05, 3.63) is 152 Å². The second-order valence-electron chi connectivity index (χ2n) is 10.4. The fourth-order valence-corrected chi connectivity index (χ4v) is 5.69. The Bertz CT molecular complexity index is 2220. The van der Waals surface area contributed by atoms with Crippen LogP contribution in [0.1, 0.15) is 0 Å². The third-order valence-corrected chi connectivity index (χ3v) is 7.74. The largest absolute Gasteiger partial charge is 0.455 e. The molecular formula is C39H25N3O.